The summed E-state index contributed by atoms with van der Waals surface area (Å²) in [6, 6.07) is 0. The van der Waals surface area contributed by atoms with Gasteiger partial charge in [-0.2, -0.15) is 17.2 Å². The summed E-state index contributed by atoms with van der Waals surface area (Å²) in [6.07, 6.45) is 1.61. The minimum atomic E-state index is -5.97. The van der Waals surface area contributed by atoms with Crippen LogP contribution in [0.2, 0.25) is 0 Å². The summed E-state index contributed by atoms with van der Waals surface area (Å²) < 4.78 is 79.6. The molecular weight excluding hydrogens is 934 g/mol. The highest BCUT2D eigenvalue weighted by molar-refractivity contribution is 14.1. The predicted molar refractivity (Wildman–Crippen MR) is 145 cm³/mol. The van der Waals surface area contributed by atoms with E-state index >= 15 is 0 Å². The Kier molecular flexibility index (Phi) is 6.43. The van der Waals surface area contributed by atoms with Gasteiger partial charge in [-0.05, 0) is 128 Å². The van der Waals surface area contributed by atoms with Crippen LogP contribution in [0, 0.1) is 32.0 Å². The zero-order chi connectivity index (χ0) is 25.0. The van der Waals surface area contributed by atoms with Crippen molar-refractivity contribution in [3.63, 3.8) is 0 Å². The Balaban J connectivity index is 1.50. The van der Waals surface area contributed by atoms with E-state index in [2.05, 4.69) is 90.4 Å². The Morgan fingerprint density at radius 1 is 1.00 bits per heavy atom. The maximum atomic E-state index is 13.9. The van der Waals surface area contributed by atoms with Crippen molar-refractivity contribution >= 4 is 112 Å². The Morgan fingerprint density at radius 3 is 2.12 bits per heavy atom. The van der Waals surface area contributed by atoms with Crippen molar-refractivity contribution in [2.75, 3.05) is 0 Å². The SMILES string of the molecule is O=C1OC2(Oc3c(I)c(I)c(I)c(I)c31)C1CC3CC2CC(OC(=O)C(F)(F)S(=O)(=O)O)(C3)C1. The van der Waals surface area contributed by atoms with Crippen LogP contribution in [0.3, 0.4) is 0 Å². The smallest absolute Gasteiger partial charge is 0.454 e. The van der Waals surface area contributed by atoms with Gasteiger partial charge in [-0.3, -0.25) is 4.55 Å². The highest BCUT2D eigenvalue weighted by atomic mass is 127. The molecule has 2 unspecified atom stereocenters. The molecule has 1 N–H and O–H groups in total. The number of esters is 2. The molecule has 0 radical (unpaired) electrons. The minimum absolute atomic E-state index is 0.00930. The average Bonchev–Trinajstić information content (AvgIpc) is 2.72. The molecule has 1 aromatic rings. The molecule has 5 aliphatic rings. The van der Waals surface area contributed by atoms with Gasteiger partial charge in [0.2, 0.25) is 0 Å². The molecule has 186 valence electrons. The summed E-state index contributed by atoms with van der Waals surface area (Å²) >= 11 is 8.57. The van der Waals surface area contributed by atoms with Gasteiger partial charge in [0.05, 0.1) is 3.57 Å². The summed E-state index contributed by atoms with van der Waals surface area (Å²) in [7, 11) is -5.97. The zero-order valence-corrected chi connectivity index (χ0v) is 26.2. The van der Waals surface area contributed by atoms with E-state index in [-0.39, 0.29) is 18.8 Å². The van der Waals surface area contributed by atoms with Crippen LogP contribution in [-0.4, -0.2) is 41.6 Å². The molecule has 1 aromatic carbocycles. The van der Waals surface area contributed by atoms with Crippen molar-refractivity contribution < 1.29 is 45.6 Å². The zero-order valence-electron chi connectivity index (χ0n) is 16.7. The largest absolute Gasteiger partial charge is 0.465 e. The van der Waals surface area contributed by atoms with E-state index in [0.717, 1.165) is 14.3 Å². The van der Waals surface area contributed by atoms with Crippen LogP contribution < -0.4 is 4.74 Å². The molecule has 1 spiro atoms. The Morgan fingerprint density at radius 2 is 1.56 bits per heavy atom. The molecular formula is C19H14F2I4O8S. The summed E-state index contributed by atoms with van der Waals surface area (Å²) in [5.74, 6) is -4.57. The van der Waals surface area contributed by atoms with Crippen molar-refractivity contribution in [3.8, 4) is 5.75 Å². The second-order valence-corrected chi connectivity index (χ2v) is 14.9. The molecule has 0 aromatic heterocycles. The fourth-order valence-electron chi connectivity index (χ4n) is 5.94. The molecule has 2 atom stereocenters. The molecule has 34 heavy (non-hydrogen) atoms. The van der Waals surface area contributed by atoms with Gasteiger partial charge in [0, 0.05) is 22.5 Å². The first kappa shape index (κ1) is 26.3. The minimum Gasteiger partial charge on any atom is -0.454 e. The first-order valence-corrected chi connectivity index (χ1v) is 15.7. The standard InChI is InChI=1S/C19H14F2I4O8S/c20-19(21,34(28,29)30)16(27)33-17-3-6-1-7(4-17)18(8(2-6)5-17)31-14-9(15(26)32-18)10(22)11(23)12(24)13(14)25/h6-8H,1-5H2,(H,28,29,30). The highest BCUT2D eigenvalue weighted by Crippen LogP contribution is 2.64. The van der Waals surface area contributed by atoms with Crippen LogP contribution in [0.5, 0.6) is 5.75 Å². The van der Waals surface area contributed by atoms with Crippen LogP contribution in [0.15, 0.2) is 0 Å². The van der Waals surface area contributed by atoms with Crippen LogP contribution in [0.4, 0.5) is 8.78 Å². The second-order valence-electron chi connectivity index (χ2n) is 9.08. The van der Waals surface area contributed by atoms with E-state index in [1.54, 1.807) is 0 Å². The van der Waals surface area contributed by atoms with Crippen LogP contribution in [-0.2, 0) is 24.4 Å². The van der Waals surface area contributed by atoms with E-state index in [0.29, 0.717) is 30.6 Å². The number of carbonyl (C=O) groups excluding carboxylic acids is 2. The van der Waals surface area contributed by atoms with Gasteiger partial charge < -0.3 is 14.2 Å². The number of alkyl halides is 2. The first-order valence-electron chi connectivity index (χ1n) is 9.98. The van der Waals surface area contributed by atoms with E-state index in [4.69, 9.17) is 18.8 Å². The van der Waals surface area contributed by atoms with E-state index in [1.807, 2.05) is 0 Å². The van der Waals surface area contributed by atoms with Crippen molar-refractivity contribution in [1.82, 2.24) is 0 Å². The molecule has 4 bridgehead atoms. The summed E-state index contributed by atoms with van der Waals surface area (Å²) in [5.41, 5.74) is -0.992. The summed E-state index contributed by atoms with van der Waals surface area (Å²) in [6.45, 7) is 0. The lowest BCUT2D eigenvalue weighted by Crippen LogP contribution is -2.69. The van der Waals surface area contributed by atoms with Gasteiger partial charge in [0.1, 0.15) is 11.2 Å². The molecule has 1 heterocycles. The highest BCUT2D eigenvalue weighted by Gasteiger charge is 2.70. The molecule has 4 aliphatic carbocycles. The van der Waals surface area contributed by atoms with E-state index in [1.165, 1.54) is 0 Å². The third kappa shape index (κ3) is 3.73. The van der Waals surface area contributed by atoms with Crippen molar-refractivity contribution in [3.05, 3.63) is 19.8 Å². The molecule has 0 amide bonds. The Labute approximate surface area is 247 Å². The fourth-order valence-corrected chi connectivity index (χ4v) is 9.66. The van der Waals surface area contributed by atoms with Crippen molar-refractivity contribution in [2.45, 2.75) is 48.7 Å². The molecule has 4 fully saturated rings. The van der Waals surface area contributed by atoms with Gasteiger partial charge in [-0.15, -0.1) is 0 Å². The Hall–Kier alpha value is 0.650. The first-order chi connectivity index (χ1) is 15.6. The van der Waals surface area contributed by atoms with Crippen molar-refractivity contribution in [1.29, 1.82) is 0 Å². The molecule has 6 rings (SSSR count). The molecule has 8 nitrogen and oxygen atoms in total. The van der Waals surface area contributed by atoms with Gasteiger partial charge in [-0.25, -0.2) is 9.59 Å². The third-order valence-corrected chi connectivity index (χ3v) is 15.3. The monoisotopic (exact) mass is 948 g/mol. The number of carbonyl (C=O) groups is 2. The van der Waals surface area contributed by atoms with Gasteiger partial charge in [-0.1, -0.05) is 0 Å². The van der Waals surface area contributed by atoms with Crippen molar-refractivity contribution in [2.24, 2.45) is 17.8 Å². The lowest BCUT2D eigenvalue weighted by Gasteiger charge is -2.63. The third-order valence-electron chi connectivity index (χ3n) is 7.08. The number of ether oxygens (including phenoxy) is 3. The average molecular weight is 948 g/mol. The quantitative estimate of drug-likeness (QED) is 0.149. The summed E-state index contributed by atoms with van der Waals surface area (Å²) in [5, 5.41) is -5.07. The van der Waals surface area contributed by atoms with E-state index < -0.39 is 50.5 Å². The summed E-state index contributed by atoms with van der Waals surface area (Å²) in [4.78, 5) is 25.3. The van der Waals surface area contributed by atoms with Gasteiger partial charge in [0.25, 0.3) is 5.79 Å². The van der Waals surface area contributed by atoms with Gasteiger partial charge in [0.15, 0.2) is 5.75 Å². The fraction of sp³-hybridized carbons (Fsp3) is 0.579. The molecule has 15 heteroatoms. The number of rotatable bonds is 3. The normalized spacial score (nSPS) is 34.0. The Bertz CT molecular complexity index is 1240. The van der Waals surface area contributed by atoms with Crippen LogP contribution in [0.25, 0.3) is 0 Å². The maximum absolute atomic E-state index is 13.9. The number of fused-ring (bicyclic) bond motifs is 1. The number of hydrogen-bond acceptors (Lipinski definition) is 7. The number of hydrogen-bond donors (Lipinski definition) is 1. The molecule has 4 saturated carbocycles. The van der Waals surface area contributed by atoms with Crippen LogP contribution in [0.1, 0.15) is 42.5 Å². The van der Waals surface area contributed by atoms with E-state index in [9.17, 15) is 26.8 Å². The lowest BCUT2D eigenvalue weighted by atomic mass is 9.51. The van der Waals surface area contributed by atoms with Crippen LogP contribution >= 0.6 is 90.4 Å². The maximum Gasteiger partial charge on any atom is 0.465 e. The lowest BCUT2D eigenvalue weighted by molar-refractivity contribution is -0.309. The molecule has 0 saturated heterocycles. The number of halogens is 6. The number of benzene rings is 1. The topological polar surface area (TPSA) is 116 Å². The second kappa shape index (κ2) is 8.32. The molecule has 1 aliphatic heterocycles. The predicted octanol–water partition coefficient (Wildman–Crippen LogP) is 4.95. The van der Waals surface area contributed by atoms with Gasteiger partial charge >= 0.3 is 27.3 Å².